The van der Waals surface area contributed by atoms with E-state index in [1.54, 1.807) is 13.3 Å². The van der Waals surface area contributed by atoms with Gasteiger partial charge in [0.2, 0.25) is 0 Å². The average molecular weight is 326 g/mol. The van der Waals surface area contributed by atoms with Crippen molar-refractivity contribution in [1.29, 1.82) is 0 Å². The first kappa shape index (κ1) is 17.7. The lowest BCUT2D eigenvalue weighted by molar-refractivity contribution is 0.291. The van der Waals surface area contributed by atoms with E-state index in [1.807, 2.05) is 54.6 Å². The number of benzene rings is 2. The van der Waals surface area contributed by atoms with Crippen LogP contribution in [-0.2, 0) is 0 Å². The normalized spacial score (nSPS) is 9.96. The van der Waals surface area contributed by atoms with Gasteiger partial charge in [-0.15, -0.1) is 0 Å². The molecule has 5 nitrogen and oxygen atoms in total. The molecule has 126 valence electrons. The summed E-state index contributed by atoms with van der Waals surface area (Å²) in [5.41, 5.74) is 5.83. The smallest absolute Gasteiger partial charge is 0.138 e. The molecular formula is C19H22N2O3. The fraction of sp³-hybridized carbons (Fsp3) is 0.211. The molecule has 0 saturated carbocycles. The molecule has 5 heteroatoms. The second kappa shape index (κ2) is 9.50. The highest BCUT2D eigenvalue weighted by molar-refractivity contribution is 5.86. The number of ether oxygens (including phenoxy) is 2. The highest BCUT2D eigenvalue weighted by Gasteiger charge is 2.05. The molecule has 0 fully saturated rings. The van der Waals surface area contributed by atoms with E-state index in [2.05, 4.69) is 4.98 Å². The highest BCUT2D eigenvalue weighted by Crippen LogP contribution is 2.30. The number of hydrogen-bond donors (Lipinski definition) is 2. The van der Waals surface area contributed by atoms with Gasteiger partial charge >= 0.3 is 0 Å². The number of hydrogen-bond acceptors (Lipinski definition) is 5. The minimum Gasteiger partial charge on any atom is -0.497 e. The van der Waals surface area contributed by atoms with Crippen LogP contribution in [0.15, 0.2) is 60.8 Å². The van der Waals surface area contributed by atoms with Gasteiger partial charge in [-0.1, -0.05) is 18.2 Å². The summed E-state index contributed by atoms with van der Waals surface area (Å²) in [6.45, 7) is 0.812. The molecule has 3 N–H and O–H groups in total. The van der Waals surface area contributed by atoms with Crippen LogP contribution in [0.2, 0.25) is 0 Å². The lowest BCUT2D eigenvalue weighted by atomic mass is 10.2. The van der Waals surface area contributed by atoms with E-state index in [4.69, 9.17) is 20.3 Å². The topological polar surface area (TPSA) is 77.6 Å². The Morgan fingerprint density at radius 3 is 2.46 bits per heavy atom. The van der Waals surface area contributed by atoms with Gasteiger partial charge in [-0.05, 0) is 43.3 Å². The molecule has 0 amide bonds. The fourth-order valence-electron chi connectivity index (χ4n) is 2.02. The van der Waals surface area contributed by atoms with Crippen LogP contribution in [0.1, 0.15) is 6.42 Å². The molecule has 3 rings (SSSR count). The molecule has 0 aliphatic heterocycles. The first-order valence-electron chi connectivity index (χ1n) is 7.75. The quantitative estimate of drug-likeness (QED) is 0.752. The maximum Gasteiger partial charge on any atom is 0.138 e. The van der Waals surface area contributed by atoms with Crippen molar-refractivity contribution < 1.29 is 14.6 Å². The Morgan fingerprint density at radius 2 is 1.83 bits per heavy atom. The Labute approximate surface area is 141 Å². The third-order valence-electron chi connectivity index (χ3n) is 3.24. The predicted octanol–water partition coefficient (Wildman–Crippen LogP) is 3.36. The molecule has 0 aliphatic carbocycles. The molecule has 0 unspecified atom stereocenters. The second-order valence-electron chi connectivity index (χ2n) is 4.97. The minimum absolute atomic E-state index is 0.219. The minimum atomic E-state index is 0.219. The van der Waals surface area contributed by atoms with E-state index in [-0.39, 0.29) is 6.61 Å². The Hall–Kier alpha value is -2.63. The maximum atomic E-state index is 7.99. The monoisotopic (exact) mass is 326 g/mol. The van der Waals surface area contributed by atoms with Crippen LogP contribution in [0.4, 0.5) is 0 Å². The van der Waals surface area contributed by atoms with Gasteiger partial charge in [0.25, 0.3) is 0 Å². The van der Waals surface area contributed by atoms with Crippen LogP contribution < -0.4 is 15.2 Å². The summed E-state index contributed by atoms with van der Waals surface area (Å²) >= 11 is 0. The van der Waals surface area contributed by atoms with E-state index in [9.17, 15) is 0 Å². The molecule has 24 heavy (non-hydrogen) atoms. The highest BCUT2D eigenvalue weighted by atomic mass is 16.5. The number of pyridine rings is 1. The van der Waals surface area contributed by atoms with Crippen LogP contribution in [0.25, 0.3) is 10.9 Å². The van der Waals surface area contributed by atoms with Gasteiger partial charge in [0.1, 0.15) is 17.2 Å². The summed E-state index contributed by atoms with van der Waals surface area (Å²) in [7, 11) is 1.64. The van der Waals surface area contributed by atoms with E-state index >= 15 is 0 Å². The van der Waals surface area contributed by atoms with E-state index in [0.717, 1.165) is 34.6 Å². The lowest BCUT2D eigenvalue weighted by Gasteiger charge is -2.09. The molecule has 2 aromatic carbocycles. The summed E-state index contributed by atoms with van der Waals surface area (Å²) in [6.07, 6.45) is 2.46. The van der Waals surface area contributed by atoms with Gasteiger partial charge in [-0.3, -0.25) is 4.98 Å². The molecular weight excluding hydrogens is 304 g/mol. The second-order valence-corrected chi connectivity index (χ2v) is 4.97. The van der Waals surface area contributed by atoms with Crippen LogP contribution >= 0.6 is 0 Å². The van der Waals surface area contributed by atoms with Crippen LogP contribution in [0, 0.1) is 0 Å². The fourth-order valence-corrected chi connectivity index (χ4v) is 2.02. The van der Waals surface area contributed by atoms with Crippen LogP contribution in [-0.4, -0.2) is 30.4 Å². The van der Waals surface area contributed by atoms with Crippen molar-refractivity contribution in [2.45, 2.75) is 6.42 Å². The number of nitrogens with zero attached hydrogens (tertiary/aromatic N) is 1. The summed E-state index contributed by atoms with van der Waals surface area (Å²) in [4.78, 5) is 4.33. The Bertz CT molecular complexity index is 746. The zero-order valence-electron chi connectivity index (χ0n) is 13.7. The zero-order chi connectivity index (χ0) is 17.2. The molecule has 0 spiro atoms. The Kier molecular flexibility index (Phi) is 7.01. The van der Waals surface area contributed by atoms with Crippen LogP contribution in [0.5, 0.6) is 17.2 Å². The predicted molar refractivity (Wildman–Crippen MR) is 95.6 cm³/mol. The van der Waals surface area contributed by atoms with Crippen molar-refractivity contribution >= 4 is 10.9 Å². The molecule has 0 radical (unpaired) electrons. The van der Waals surface area contributed by atoms with Gasteiger partial charge in [0.05, 0.1) is 12.6 Å². The number of methoxy groups -OCH3 is 1. The Balaban J connectivity index is 0.000000368. The Morgan fingerprint density at radius 1 is 1.04 bits per heavy atom. The lowest BCUT2D eigenvalue weighted by Crippen LogP contribution is -1.99. The molecule has 0 aliphatic rings. The average Bonchev–Trinajstić information content (AvgIpc) is 2.63. The zero-order valence-corrected chi connectivity index (χ0v) is 13.7. The van der Waals surface area contributed by atoms with Crippen molar-refractivity contribution in [2.24, 2.45) is 5.73 Å². The molecule has 0 bridgehead atoms. The molecule has 3 aromatic rings. The SMILES string of the molecule is COc1ccc2c(Oc3ccccc3)ccnc2c1.NCCCO. The number of aliphatic hydroxyl groups excluding tert-OH is 1. The van der Waals surface area contributed by atoms with Gasteiger partial charge in [0, 0.05) is 24.3 Å². The number of rotatable bonds is 5. The van der Waals surface area contributed by atoms with E-state index < -0.39 is 0 Å². The maximum absolute atomic E-state index is 7.99. The molecule has 0 atom stereocenters. The van der Waals surface area contributed by atoms with Crippen molar-refractivity contribution in [1.82, 2.24) is 4.98 Å². The summed E-state index contributed by atoms with van der Waals surface area (Å²) < 4.78 is 11.1. The van der Waals surface area contributed by atoms with E-state index in [0.29, 0.717) is 6.54 Å². The van der Waals surface area contributed by atoms with Crippen LogP contribution in [0.3, 0.4) is 0 Å². The van der Waals surface area contributed by atoms with Crippen molar-refractivity contribution in [3.8, 4) is 17.2 Å². The number of nitrogens with two attached hydrogens (primary N) is 1. The number of para-hydroxylation sites is 1. The van der Waals surface area contributed by atoms with E-state index in [1.165, 1.54) is 0 Å². The van der Waals surface area contributed by atoms with Gasteiger partial charge in [0.15, 0.2) is 0 Å². The third kappa shape index (κ3) is 4.94. The molecule has 1 heterocycles. The molecule has 1 aromatic heterocycles. The largest absolute Gasteiger partial charge is 0.497 e. The van der Waals surface area contributed by atoms with Gasteiger partial charge in [-0.25, -0.2) is 0 Å². The van der Waals surface area contributed by atoms with Crippen molar-refractivity contribution in [3.05, 3.63) is 60.8 Å². The standard InChI is InChI=1S/C16H13NO2.C3H9NO/c1-18-13-7-8-14-15(11-13)17-10-9-16(14)19-12-5-3-2-4-6-12;4-2-1-3-5/h2-11H,1H3;5H,1-4H2. The van der Waals surface area contributed by atoms with Crippen molar-refractivity contribution in [3.63, 3.8) is 0 Å². The van der Waals surface area contributed by atoms with Crippen molar-refractivity contribution in [2.75, 3.05) is 20.3 Å². The summed E-state index contributed by atoms with van der Waals surface area (Å²) in [5.74, 6) is 2.39. The molecule has 0 saturated heterocycles. The summed E-state index contributed by atoms with van der Waals surface area (Å²) in [5, 5.41) is 8.95. The first-order valence-corrected chi connectivity index (χ1v) is 7.75. The number of aromatic nitrogens is 1. The van der Waals surface area contributed by atoms with Gasteiger partial charge in [-0.2, -0.15) is 0 Å². The third-order valence-corrected chi connectivity index (χ3v) is 3.24. The number of aliphatic hydroxyl groups is 1. The first-order chi connectivity index (χ1) is 11.8. The summed E-state index contributed by atoms with van der Waals surface area (Å²) in [6, 6.07) is 17.3. The number of fused-ring (bicyclic) bond motifs is 1. The van der Waals surface area contributed by atoms with Gasteiger partial charge < -0.3 is 20.3 Å².